The van der Waals surface area contributed by atoms with Crippen molar-refractivity contribution in [2.24, 2.45) is 0 Å². The third-order valence-corrected chi connectivity index (χ3v) is 5.72. The molecule has 1 aromatic heterocycles. The predicted molar refractivity (Wildman–Crippen MR) is 97.8 cm³/mol. The highest BCUT2D eigenvalue weighted by molar-refractivity contribution is 7.99. The third kappa shape index (κ3) is 5.52. The van der Waals surface area contributed by atoms with Crippen LogP contribution in [0.2, 0.25) is 0 Å². The van der Waals surface area contributed by atoms with Crippen molar-refractivity contribution in [1.82, 2.24) is 10.3 Å². The Kier molecular flexibility index (Phi) is 6.51. The maximum absolute atomic E-state index is 11.6. The largest absolute Gasteiger partial charge is 0.352 e. The molecule has 0 bridgehead atoms. The number of carbonyl (C=O) groups excluding carboxylic acids is 1. The molecule has 1 aliphatic carbocycles. The molecule has 1 fully saturated rings. The van der Waals surface area contributed by atoms with E-state index in [1.807, 2.05) is 18.7 Å². The van der Waals surface area contributed by atoms with Crippen LogP contribution in [0.25, 0.3) is 0 Å². The van der Waals surface area contributed by atoms with E-state index < -0.39 is 0 Å². The monoisotopic (exact) mass is 334 g/mol. The molecule has 0 aliphatic heterocycles. The molecule has 0 saturated heterocycles. The van der Waals surface area contributed by atoms with Gasteiger partial charge in [-0.25, -0.2) is 4.98 Å². The molecule has 23 heavy (non-hydrogen) atoms. The zero-order valence-corrected chi connectivity index (χ0v) is 15.8. The summed E-state index contributed by atoms with van der Waals surface area (Å²) < 4.78 is 0. The van der Waals surface area contributed by atoms with E-state index in [0.717, 1.165) is 16.3 Å². The molecule has 0 atom stereocenters. The Morgan fingerprint density at radius 3 is 2.57 bits per heavy atom. The highest BCUT2D eigenvalue weighted by Crippen LogP contribution is 2.35. The molecule has 0 spiro atoms. The summed E-state index contributed by atoms with van der Waals surface area (Å²) in [5.41, 5.74) is 2.32. The summed E-state index contributed by atoms with van der Waals surface area (Å²) >= 11 is 1.92. The van der Waals surface area contributed by atoms with Gasteiger partial charge in [0, 0.05) is 34.9 Å². The quantitative estimate of drug-likeness (QED) is 0.838. The first kappa shape index (κ1) is 18.3. The predicted octanol–water partition coefficient (Wildman–Crippen LogP) is 4.83. The minimum atomic E-state index is 0.0487. The lowest BCUT2D eigenvalue weighted by molar-refractivity contribution is -0.120. The molecule has 1 saturated carbocycles. The number of hydrogen-bond donors (Lipinski definition) is 1. The second-order valence-electron chi connectivity index (χ2n) is 7.42. The summed E-state index contributed by atoms with van der Waals surface area (Å²) in [6, 6.07) is 4.26. The van der Waals surface area contributed by atoms with Gasteiger partial charge in [0.25, 0.3) is 0 Å². The van der Waals surface area contributed by atoms with Crippen LogP contribution in [0.4, 0.5) is 0 Å². The van der Waals surface area contributed by atoms with Crippen LogP contribution in [-0.4, -0.2) is 16.1 Å². The van der Waals surface area contributed by atoms with Gasteiger partial charge in [0.2, 0.25) is 5.91 Å². The molecule has 2 rings (SSSR count). The molecule has 1 aromatic rings. The summed E-state index contributed by atoms with van der Waals surface area (Å²) in [6.45, 7) is 9.06. The van der Waals surface area contributed by atoms with Gasteiger partial charge in [-0.05, 0) is 18.9 Å². The van der Waals surface area contributed by atoms with Crippen LogP contribution in [-0.2, 0) is 16.8 Å². The summed E-state index contributed by atoms with van der Waals surface area (Å²) in [7, 11) is 0. The fraction of sp³-hybridized carbons (Fsp3) is 0.684. The molecule has 1 aliphatic rings. The first-order valence-corrected chi connectivity index (χ1v) is 9.72. The van der Waals surface area contributed by atoms with Gasteiger partial charge in [0.15, 0.2) is 0 Å². The lowest BCUT2D eigenvalue weighted by atomic mass is 9.91. The number of carbonyl (C=O) groups is 1. The normalized spacial score (nSPS) is 16.3. The third-order valence-electron chi connectivity index (χ3n) is 4.34. The SMILES string of the molecule is CCC(=O)NCc1ccc(C(C)(C)C)nc1SC1CCCCC1. The van der Waals surface area contributed by atoms with E-state index in [-0.39, 0.29) is 11.3 Å². The number of hydrogen-bond acceptors (Lipinski definition) is 3. The summed E-state index contributed by atoms with van der Waals surface area (Å²) in [5, 5.41) is 4.78. The Hall–Kier alpha value is -1.03. The van der Waals surface area contributed by atoms with Gasteiger partial charge in [0.05, 0.1) is 0 Å². The van der Waals surface area contributed by atoms with Gasteiger partial charge >= 0.3 is 0 Å². The lowest BCUT2D eigenvalue weighted by Crippen LogP contribution is -2.23. The first-order valence-electron chi connectivity index (χ1n) is 8.84. The molecule has 1 amide bonds. The van der Waals surface area contributed by atoms with Crippen LogP contribution in [0, 0.1) is 0 Å². The second kappa shape index (κ2) is 8.18. The van der Waals surface area contributed by atoms with Crippen molar-refractivity contribution in [1.29, 1.82) is 0 Å². The second-order valence-corrected chi connectivity index (χ2v) is 8.71. The van der Waals surface area contributed by atoms with Crippen molar-refractivity contribution in [2.45, 2.75) is 88.5 Å². The maximum atomic E-state index is 11.6. The zero-order chi connectivity index (χ0) is 16.9. The van der Waals surface area contributed by atoms with Crippen molar-refractivity contribution < 1.29 is 4.79 Å². The van der Waals surface area contributed by atoms with Crippen LogP contribution < -0.4 is 5.32 Å². The minimum absolute atomic E-state index is 0.0487. The number of amides is 1. The molecular formula is C19H30N2OS. The summed E-state index contributed by atoms with van der Waals surface area (Å²) in [4.78, 5) is 16.5. The van der Waals surface area contributed by atoms with Crippen molar-refractivity contribution in [3.05, 3.63) is 23.4 Å². The molecule has 4 heteroatoms. The van der Waals surface area contributed by atoms with Crippen LogP contribution in [0.5, 0.6) is 0 Å². The van der Waals surface area contributed by atoms with Gasteiger partial charge in [0.1, 0.15) is 5.03 Å². The van der Waals surface area contributed by atoms with E-state index in [1.165, 1.54) is 32.1 Å². The fourth-order valence-electron chi connectivity index (χ4n) is 2.78. The average Bonchev–Trinajstić information content (AvgIpc) is 2.53. The standard InChI is InChI=1S/C19H30N2OS/c1-5-17(22)20-13-14-11-12-16(19(2,3)4)21-18(14)23-15-9-7-6-8-10-15/h11-12,15H,5-10,13H2,1-4H3,(H,20,22). The molecule has 1 N–H and O–H groups in total. The number of aromatic nitrogens is 1. The molecule has 0 unspecified atom stereocenters. The van der Waals surface area contributed by atoms with Crippen LogP contribution in [0.1, 0.15) is 77.5 Å². The maximum Gasteiger partial charge on any atom is 0.219 e. The van der Waals surface area contributed by atoms with Gasteiger partial charge in [-0.15, -0.1) is 11.8 Å². The van der Waals surface area contributed by atoms with Crippen molar-refractivity contribution >= 4 is 17.7 Å². The van der Waals surface area contributed by atoms with Crippen molar-refractivity contribution in [2.75, 3.05) is 0 Å². The lowest BCUT2D eigenvalue weighted by Gasteiger charge is -2.24. The fourth-order valence-corrected chi connectivity index (χ4v) is 4.11. The van der Waals surface area contributed by atoms with E-state index >= 15 is 0 Å². The summed E-state index contributed by atoms with van der Waals surface area (Å²) in [5.74, 6) is 0.0958. The van der Waals surface area contributed by atoms with E-state index in [0.29, 0.717) is 18.2 Å². The highest BCUT2D eigenvalue weighted by Gasteiger charge is 2.21. The molecular weight excluding hydrogens is 304 g/mol. The molecule has 0 radical (unpaired) electrons. The number of pyridine rings is 1. The zero-order valence-electron chi connectivity index (χ0n) is 14.9. The molecule has 1 heterocycles. The Balaban J connectivity index is 2.19. The minimum Gasteiger partial charge on any atom is -0.352 e. The van der Waals surface area contributed by atoms with E-state index in [9.17, 15) is 4.79 Å². The average molecular weight is 335 g/mol. The smallest absolute Gasteiger partial charge is 0.219 e. The van der Waals surface area contributed by atoms with Crippen LogP contribution in [0.3, 0.4) is 0 Å². The number of thioether (sulfide) groups is 1. The van der Waals surface area contributed by atoms with E-state index in [2.05, 4.69) is 38.2 Å². The van der Waals surface area contributed by atoms with Crippen molar-refractivity contribution in [3.8, 4) is 0 Å². The number of nitrogens with one attached hydrogen (secondary N) is 1. The Bertz CT molecular complexity index is 531. The first-order chi connectivity index (χ1) is 10.9. The van der Waals surface area contributed by atoms with Gasteiger partial charge in [-0.1, -0.05) is 53.0 Å². The van der Waals surface area contributed by atoms with E-state index in [4.69, 9.17) is 4.98 Å². The summed E-state index contributed by atoms with van der Waals surface area (Å²) in [6.07, 6.45) is 7.13. The van der Waals surface area contributed by atoms with Gasteiger partial charge in [-0.3, -0.25) is 4.79 Å². The van der Waals surface area contributed by atoms with Crippen LogP contribution in [0.15, 0.2) is 17.2 Å². The number of rotatable bonds is 5. The topological polar surface area (TPSA) is 42.0 Å². The Morgan fingerprint density at radius 2 is 1.96 bits per heavy atom. The molecule has 0 aromatic carbocycles. The molecule has 128 valence electrons. The Labute approximate surface area is 145 Å². The van der Waals surface area contributed by atoms with Gasteiger partial charge in [-0.2, -0.15) is 0 Å². The van der Waals surface area contributed by atoms with E-state index in [1.54, 1.807) is 0 Å². The molecule has 3 nitrogen and oxygen atoms in total. The van der Waals surface area contributed by atoms with Crippen molar-refractivity contribution in [3.63, 3.8) is 0 Å². The van der Waals surface area contributed by atoms with Crippen LogP contribution >= 0.6 is 11.8 Å². The highest BCUT2D eigenvalue weighted by atomic mass is 32.2. The van der Waals surface area contributed by atoms with Gasteiger partial charge < -0.3 is 5.32 Å². The number of nitrogens with zero attached hydrogens (tertiary/aromatic N) is 1. The Morgan fingerprint density at radius 1 is 1.26 bits per heavy atom.